The molecule has 0 amide bonds. The van der Waals surface area contributed by atoms with Crippen LogP contribution in [0, 0.1) is 11.3 Å². The number of aromatic nitrogens is 1. The van der Waals surface area contributed by atoms with Crippen LogP contribution in [0.2, 0.25) is 0 Å². The second-order valence-corrected chi connectivity index (χ2v) is 4.60. The fourth-order valence-corrected chi connectivity index (χ4v) is 2.79. The second kappa shape index (κ2) is 3.68. The lowest BCUT2D eigenvalue weighted by atomic mass is 9.96. The molecule has 80 valence electrons. The summed E-state index contributed by atoms with van der Waals surface area (Å²) in [6.07, 6.45) is 7.40. The Hall–Kier alpha value is -1.75. The molecule has 0 saturated heterocycles. The number of hydrogen-bond donors (Lipinski definition) is 1. The average molecular weight is 210 g/mol. The number of benzene rings is 1. The van der Waals surface area contributed by atoms with Gasteiger partial charge in [-0.3, -0.25) is 0 Å². The third-order valence-electron chi connectivity index (χ3n) is 3.64. The fraction of sp³-hybridized carbons (Fsp3) is 0.357. The zero-order valence-electron chi connectivity index (χ0n) is 9.16. The lowest BCUT2D eigenvalue weighted by Gasteiger charge is -2.06. The molecule has 0 bridgehead atoms. The summed E-state index contributed by atoms with van der Waals surface area (Å²) in [6, 6.07) is 8.10. The highest BCUT2D eigenvalue weighted by Crippen LogP contribution is 2.37. The van der Waals surface area contributed by atoms with Crippen LogP contribution in [0.15, 0.2) is 24.4 Å². The van der Waals surface area contributed by atoms with Crippen molar-refractivity contribution in [2.24, 2.45) is 0 Å². The first-order chi connectivity index (χ1) is 7.88. The van der Waals surface area contributed by atoms with Crippen molar-refractivity contribution in [3.8, 4) is 6.07 Å². The standard InChI is InChI=1S/C14H14N2/c15-8-10-5-6-14-12(7-10)13(9-16-14)11-3-1-2-4-11/h5-7,9,11,16H,1-4H2. The highest BCUT2D eigenvalue weighted by molar-refractivity contribution is 5.85. The van der Waals surface area contributed by atoms with Crippen LogP contribution in [0.25, 0.3) is 10.9 Å². The van der Waals surface area contributed by atoms with Crippen molar-refractivity contribution in [1.82, 2.24) is 4.98 Å². The molecule has 2 nitrogen and oxygen atoms in total. The van der Waals surface area contributed by atoms with Crippen molar-refractivity contribution in [1.29, 1.82) is 5.26 Å². The first-order valence-corrected chi connectivity index (χ1v) is 5.89. The number of nitriles is 1. The molecule has 0 spiro atoms. The summed E-state index contributed by atoms with van der Waals surface area (Å²) in [6.45, 7) is 0. The molecule has 2 aromatic rings. The molecule has 1 heterocycles. The molecule has 1 fully saturated rings. The molecular weight excluding hydrogens is 196 g/mol. The monoisotopic (exact) mass is 210 g/mol. The topological polar surface area (TPSA) is 39.6 Å². The van der Waals surface area contributed by atoms with Crippen molar-refractivity contribution >= 4 is 10.9 Å². The maximum Gasteiger partial charge on any atom is 0.0991 e. The Morgan fingerprint density at radius 1 is 1.25 bits per heavy atom. The van der Waals surface area contributed by atoms with E-state index in [1.54, 1.807) is 0 Å². The summed E-state index contributed by atoms with van der Waals surface area (Å²) >= 11 is 0. The zero-order chi connectivity index (χ0) is 11.0. The van der Waals surface area contributed by atoms with Gasteiger partial charge in [0.25, 0.3) is 0 Å². The highest BCUT2D eigenvalue weighted by atomic mass is 14.7. The van der Waals surface area contributed by atoms with E-state index in [4.69, 9.17) is 5.26 Å². The van der Waals surface area contributed by atoms with Crippen LogP contribution >= 0.6 is 0 Å². The van der Waals surface area contributed by atoms with E-state index in [1.165, 1.54) is 36.6 Å². The molecule has 1 saturated carbocycles. The molecule has 0 aliphatic heterocycles. The predicted molar refractivity (Wildman–Crippen MR) is 64.2 cm³/mol. The van der Waals surface area contributed by atoms with Gasteiger partial charge in [-0.25, -0.2) is 0 Å². The van der Waals surface area contributed by atoms with Gasteiger partial charge in [-0.1, -0.05) is 12.8 Å². The summed E-state index contributed by atoms with van der Waals surface area (Å²) in [5, 5.41) is 10.2. The normalized spacial score (nSPS) is 16.7. The second-order valence-electron chi connectivity index (χ2n) is 4.60. The Labute approximate surface area is 94.9 Å². The molecule has 1 aliphatic carbocycles. The van der Waals surface area contributed by atoms with Crippen LogP contribution in [-0.4, -0.2) is 4.98 Å². The van der Waals surface area contributed by atoms with Crippen molar-refractivity contribution in [3.63, 3.8) is 0 Å². The Morgan fingerprint density at radius 3 is 2.81 bits per heavy atom. The molecule has 1 aromatic carbocycles. The largest absolute Gasteiger partial charge is 0.361 e. The molecule has 2 heteroatoms. The van der Waals surface area contributed by atoms with Crippen LogP contribution in [0.3, 0.4) is 0 Å². The molecule has 1 aromatic heterocycles. The van der Waals surface area contributed by atoms with Gasteiger partial charge in [0.1, 0.15) is 0 Å². The van der Waals surface area contributed by atoms with Gasteiger partial charge >= 0.3 is 0 Å². The molecule has 0 atom stereocenters. The lowest BCUT2D eigenvalue weighted by molar-refractivity contribution is 0.729. The van der Waals surface area contributed by atoms with Gasteiger partial charge < -0.3 is 4.98 Å². The lowest BCUT2D eigenvalue weighted by Crippen LogP contribution is -1.89. The number of nitrogens with one attached hydrogen (secondary N) is 1. The summed E-state index contributed by atoms with van der Waals surface area (Å²) in [5.74, 6) is 0.697. The van der Waals surface area contributed by atoms with E-state index >= 15 is 0 Å². The third-order valence-corrected chi connectivity index (χ3v) is 3.64. The molecule has 1 aliphatic rings. The summed E-state index contributed by atoms with van der Waals surface area (Å²) in [7, 11) is 0. The van der Waals surface area contributed by atoms with Gasteiger partial charge in [0.2, 0.25) is 0 Å². The quantitative estimate of drug-likeness (QED) is 0.766. The van der Waals surface area contributed by atoms with Gasteiger partial charge in [-0.2, -0.15) is 5.26 Å². The van der Waals surface area contributed by atoms with Crippen LogP contribution in [0.5, 0.6) is 0 Å². The molecule has 0 radical (unpaired) electrons. The van der Waals surface area contributed by atoms with Crippen LogP contribution < -0.4 is 0 Å². The van der Waals surface area contributed by atoms with E-state index in [-0.39, 0.29) is 0 Å². The number of rotatable bonds is 1. The molecule has 1 N–H and O–H groups in total. The Morgan fingerprint density at radius 2 is 2.06 bits per heavy atom. The fourth-order valence-electron chi connectivity index (χ4n) is 2.79. The SMILES string of the molecule is N#Cc1ccc2[nH]cc(C3CCCC3)c2c1. The van der Waals surface area contributed by atoms with E-state index in [2.05, 4.69) is 17.3 Å². The van der Waals surface area contributed by atoms with E-state index in [9.17, 15) is 0 Å². The van der Waals surface area contributed by atoms with Gasteiger partial charge in [-0.15, -0.1) is 0 Å². The maximum absolute atomic E-state index is 8.93. The minimum absolute atomic E-state index is 0.697. The van der Waals surface area contributed by atoms with Crippen LogP contribution in [0.1, 0.15) is 42.7 Å². The van der Waals surface area contributed by atoms with E-state index in [1.807, 2.05) is 18.2 Å². The Balaban J connectivity index is 2.14. The van der Waals surface area contributed by atoms with Crippen molar-refractivity contribution < 1.29 is 0 Å². The predicted octanol–water partition coefficient (Wildman–Crippen LogP) is 3.70. The molecule has 3 rings (SSSR count). The zero-order valence-corrected chi connectivity index (χ0v) is 9.16. The summed E-state index contributed by atoms with van der Waals surface area (Å²) < 4.78 is 0. The number of hydrogen-bond acceptors (Lipinski definition) is 1. The van der Waals surface area contributed by atoms with Gasteiger partial charge in [0.15, 0.2) is 0 Å². The average Bonchev–Trinajstić information content (AvgIpc) is 2.96. The van der Waals surface area contributed by atoms with E-state index in [0.717, 1.165) is 11.1 Å². The van der Waals surface area contributed by atoms with E-state index < -0.39 is 0 Å². The Bertz CT molecular complexity index is 554. The summed E-state index contributed by atoms with van der Waals surface area (Å²) in [4.78, 5) is 3.31. The third kappa shape index (κ3) is 1.40. The number of nitrogens with zero attached hydrogens (tertiary/aromatic N) is 1. The van der Waals surface area contributed by atoms with Gasteiger partial charge in [-0.05, 0) is 42.5 Å². The van der Waals surface area contributed by atoms with Crippen molar-refractivity contribution in [2.75, 3.05) is 0 Å². The highest BCUT2D eigenvalue weighted by Gasteiger charge is 2.20. The van der Waals surface area contributed by atoms with Gasteiger partial charge in [0.05, 0.1) is 11.6 Å². The first-order valence-electron chi connectivity index (χ1n) is 5.89. The van der Waals surface area contributed by atoms with Crippen LogP contribution in [0.4, 0.5) is 0 Å². The maximum atomic E-state index is 8.93. The van der Waals surface area contributed by atoms with E-state index in [0.29, 0.717) is 5.92 Å². The molecule has 0 unspecified atom stereocenters. The minimum atomic E-state index is 0.697. The van der Waals surface area contributed by atoms with Gasteiger partial charge in [0, 0.05) is 17.1 Å². The number of aromatic amines is 1. The smallest absolute Gasteiger partial charge is 0.0991 e. The van der Waals surface area contributed by atoms with Crippen LogP contribution in [-0.2, 0) is 0 Å². The first kappa shape index (κ1) is 9.47. The molecular formula is C14H14N2. The number of fused-ring (bicyclic) bond motifs is 1. The van der Waals surface area contributed by atoms with Crippen molar-refractivity contribution in [3.05, 3.63) is 35.5 Å². The summed E-state index contributed by atoms with van der Waals surface area (Å²) in [5.41, 5.74) is 3.32. The molecule has 16 heavy (non-hydrogen) atoms. The van der Waals surface area contributed by atoms with Crippen molar-refractivity contribution in [2.45, 2.75) is 31.6 Å². The Kier molecular flexibility index (Phi) is 2.18. The number of H-pyrrole nitrogens is 1. The minimum Gasteiger partial charge on any atom is -0.361 e.